The third-order valence-corrected chi connectivity index (χ3v) is 7.42. The first-order valence-electron chi connectivity index (χ1n) is 12.2. The molecule has 0 aromatic rings. The Morgan fingerprint density at radius 3 is 2.59 bits per heavy atom. The number of ketones is 1. The molecule has 0 radical (unpaired) electrons. The van der Waals surface area contributed by atoms with Crippen LogP contribution in [0.2, 0.25) is 0 Å². The summed E-state index contributed by atoms with van der Waals surface area (Å²) in [5.74, 6) is -1.48. The van der Waals surface area contributed by atoms with Gasteiger partial charge in [-0.3, -0.25) is 14.4 Å². The number of hydrogen-bond donors (Lipinski definition) is 1. The predicted molar refractivity (Wildman–Crippen MR) is 132 cm³/mol. The van der Waals surface area contributed by atoms with Gasteiger partial charge in [-0.2, -0.15) is 0 Å². The number of aliphatic hydroxyl groups is 1. The lowest BCUT2D eigenvalue weighted by Crippen LogP contribution is -2.47. The van der Waals surface area contributed by atoms with Crippen LogP contribution in [-0.4, -0.2) is 41.1 Å². The summed E-state index contributed by atoms with van der Waals surface area (Å²) >= 11 is 0. The zero-order valence-electron chi connectivity index (χ0n) is 21.4. The maximum Gasteiger partial charge on any atom is 0.311 e. The van der Waals surface area contributed by atoms with Crippen molar-refractivity contribution in [2.75, 3.05) is 0 Å². The van der Waals surface area contributed by atoms with E-state index in [-0.39, 0.29) is 41.2 Å². The van der Waals surface area contributed by atoms with E-state index in [0.29, 0.717) is 19.3 Å². The van der Waals surface area contributed by atoms with E-state index in [9.17, 15) is 19.5 Å². The highest BCUT2D eigenvalue weighted by Crippen LogP contribution is 2.53. The molecule has 1 fully saturated rings. The molecule has 0 aromatic heterocycles. The molecule has 0 spiro atoms. The maximum atomic E-state index is 12.8. The molecule has 6 heteroatoms. The Hall–Kier alpha value is -2.47. The summed E-state index contributed by atoms with van der Waals surface area (Å²) in [4.78, 5) is 36.2. The van der Waals surface area contributed by atoms with Gasteiger partial charge >= 0.3 is 11.9 Å². The number of carbonyl (C=O) groups is 3. The molecule has 2 aliphatic rings. The Labute approximate surface area is 203 Å². The van der Waals surface area contributed by atoms with Crippen molar-refractivity contribution in [1.82, 2.24) is 0 Å². The molecule has 0 unspecified atom stereocenters. The molecule has 2 rings (SSSR count). The minimum absolute atomic E-state index is 0.0495. The lowest BCUT2D eigenvalue weighted by molar-refractivity contribution is -0.163. The van der Waals surface area contributed by atoms with E-state index in [0.717, 1.165) is 17.6 Å². The molecule has 7 atom stereocenters. The van der Waals surface area contributed by atoms with Gasteiger partial charge in [0.1, 0.15) is 12.2 Å². The summed E-state index contributed by atoms with van der Waals surface area (Å²) in [7, 11) is 0. The topological polar surface area (TPSA) is 89.9 Å². The number of ether oxygens (including phenoxy) is 2. The quantitative estimate of drug-likeness (QED) is 0.292. The van der Waals surface area contributed by atoms with Gasteiger partial charge in [0.25, 0.3) is 0 Å². The van der Waals surface area contributed by atoms with Crippen molar-refractivity contribution >= 4 is 17.7 Å². The first kappa shape index (κ1) is 27.8. The summed E-state index contributed by atoms with van der Waals surface area (Å²) in [6.07, 6.45) is 9.77. The van der Waals surface area contributed by atoms with E-state index in [4.69, 9.17) is 9.47 Å². The molecule has 1 saturated carbocycles. The molecule has 0 aromatic carbocycles. The fraction of sp³-hybridized carbons (Fsp3) is 0.607. The summed E-state index contributed by atoms with van der Waals surface area (Å²) in [6, 6.07) is 0. The van der Waals surface area contributed by atoms with Gasteiger partial charge in [0, 0.05) is 25.2 Å². The molecule has 188 valence electrons. The van der Waals surface area contributed by atoms with Gasteiger partial charge in [-0.25, -0.2) is 0 Å². The minimum atomic E-state index is -0.979. The van der Waals surface area contributed by atoms with E-state index < -0.39 is 18.0 Å². The Morgan fingerprint density at radius 1 is 1.29 bits per heavy atom. The average molecular weight is 473 g/mol. The molecule has 2 aliphatic carbocycles. The largest absolute Gasteiger partial charge is 0.463 e. The Bertz CT molecular complexity index is 881. The molecule has 0 amide bonds. The number of rotatable bonds is 9. The number of esters is 2. The second-order valence-electron chi connectivity index (χ2n) is 10.1. The number of allylic oxidation sites excluding steroid dienone is 5. The summed E-state index contributed by atoms with van der Waals surface area (Å²) in [5, 5.41) is 10.4. The molecule has 34 heavy (non-hydrogen) atoms. The van der Waals surface area contributed by atoms with Crippen LogP contribution in [0.15, 0.2) is 48.1 Å². The molecular weight excluding hydrogens is 432 g/mol. The maximum absolute atomic E-state index is 12.8. The molecule has 0 heterocycles. The normalized spacial score (nSPS) is 29.8. The first-order valence-corrected chi connectivity index (χ1v) is 12.2. The number of carbonyl (C=O) groups excluding carboxylic acids is 3. The highest BCUT2D eigenvalue weighted by atomic mass is 16.5. The van der Waals surface area contributed by atoms with Gasteiger partial charge in [0.15, 0.2) is 5.78 Å². The number of hydrogen-bond acceptors (Lipinski definition) is 6. The van der Waals surface area contributed by atoms with Gasteiger partial charge in [-0.15, -0.1) is 0 Å². The van der Waals surface area contributed by atoms with Crippen LogP contribution in [0, 0.1) is 23.2 Å². The zero-order chi connectivity index (χ0) is 25.6. The SMILES string of the molecule is C=C(C)[C@@H]1C[C@@]2(C)C(=CC1=O)CC[C@@H](OC(=O)[C@@H](C)[C@@H](O)/C=C/C=C/C[C@H](C)OC(C)=O)[C@@H]2C. The van der Waals surface area contributed by atoms with Gasteiger partial charge in [0.2, 0.25) is 0 Å². The van der Waals surface area contributed by atoms with E-state index in [1.165, 1.54) is 6.92 Å². The van der Waals surface area contributed by atoms with Crippen molar-refractivity contribution in [3.05, 3.63) is 48.1 Å². The molecule has 6 nitrogen and oxygen atoms in total. The van der Waals surface area contributed by atoms with Gasteiger partial charge in [0.05, 0.1) is 12.0 Å². The number of fused-ring (bicyclic) bond motifs is 1. The fourth-order valence-electron chi connectivity index (χ4n) is 4.89. The summed E-state index contributed by atoms with van der Waals surface area (Å²) < 4.78 is 10.9. The molecular formula is C28H40O6. The smallest absolute Gasteiger partial charge is 0.311 e. The Kier molecular flexibility index (Phi) is 9.63. The van der Waals surface area contributed by atoms with Gasteiger partial charge < -0.3 is 14.6 Å². The van der Waals surface area contributed by atoms with Crippen LogP contribution in [0.3, 0.4) is 0 Å². The highest BCUT2D eigenvalue weighted by Gasteiger charge is 2.49. The van der Waals surface area contributed by atoms with Crippen LogP contribution in [-0.2, 0) is 23.9 Å². The van der Waals surface area contributed by atoms with Crippen molar-refractivity contribution in [1.29, 1.82) is 0 Å². The van der Waals surface area contributed by atoms with Crippen LogP contribution in [0.1, 0.15) is 67.2 Å². The van der Waals surface area contributed by atoms with Gasteiger partial charge in [-0.05, 0) is 51.5 Å². The Balaban J connectivity index is 1.95. The van der Waals surface area contributed by atoms with Crippen LogP contribution in [0.5, 0.6) is 0 Å². The van der Waals surface area contributed by atoms with Crippen LogP contribution < -0.4 is 0 Å². The molecule has 1 N–H and O–H groups in total. The monoisotopic (exact) mass is 472 g/mol. The number of aliphatic hydroxyl groups excluding tert-OH is 1. The van der Waals surface area contributed by atoms with Crippen molar-refractivity contribution in [3.63, 3.8) is 0 Å². The Morgan fingerprint density at radius 2 is 1.97 bits per heavy atom. The second-order valence-corrected chi connectivity index (χ2v) is 10.1. The highest BCUT2D eigenvalue weighted by molar-refractivity contribution is 5.95. The standard InChI is InChI=1S/C28H40O6/c1-17(2)23-16-28(7)20(5)26(14-13-22(28)15-25(23)31)34-27(32)19(4)24(30)12-10-8-9-11-18(3)33-21(6)29/h8-10,12,15,18-20,23-24,26,30H,1,11,13-14,16H2,2-7H3/b9-8+,12-10+/t18-,19-,20-,23-,24-,26+,28+/m0/s1. The minimum Gasteiger partial charge on any atom is -0.463 e. The predicted octanol–water partition coefficient (Wildman–Crippen LogP) is 4.88. The lowest BCUT2D eigenvalue weighted by Gasteiger charge is -2.49. The summed E-state index contributed by atoms with van der Waals surface area (Å²) in [5.41, 5.74) is 1.78. The van der Waals surface area contributed by atoms with Crippen molar-refractivity contribution in [3.8, 4) is 0 Å². The fourth-order valence-corrected chi connectivity index (χ4v) is 4.89. The van der Waals surface area contributed by atoms with E-state index >= 15 is 0 Å². The third kappa shape index (κ3) is 6.78. The third-order valence-electron chi connectivity index (χ3n) is 7.42. The van der Waals surface area contributed by atoms with Crippen LogP contribution >= 0.6 is 0 Å². The van der Waals surface area contributed by atoms with Crippen LogP contribution in [0.4, 0.5) is 0 Å². The second kappa shape index (κ2) is 11.8. The lowest BCUT2D eigenvalue weighted by atomic mass is 9.57. The van der Waals surface area contributed by atoms with E-state index in [2.05, 4.69) is 20.4 Å². The van der Waals surface area contributed by atoms with Crippen LogP contribution in [0.25, 0.3) is 0 Å². The average Bonchev–Trinajstić information content (AvgIpc) is 2.75. The van der Waals surface area contributed by atoms with E-state index in [1.807, 2.05) is 13.0 Å². The van der Waals surface area contributed by atoms with Crippen molar-refractivity contribution in [2.45, 2.75) is 85.5 Å². The zero-order valence-corrected chi connectivity index (χ0v) is 21.4. The summed E-state index contributed by atoms with van der Waals surface area (Å²) in [6.45, 7) is 14.9. The van der Waals surface area contributed by atoms with E-state index in [1.54, 1.807) is 38.2 Å². The molecule has 0 saturated heterocycles. The van der Waals surface area contributed by atoms with Crippen molar-refractivity contribution < 1.29 is 29.0 Å². The van der Waals surface area contributed by atoms with Crippen molar-refractivity contribution in [2.24, 2.45) is 23.2 Å². The first-order chi connectivity index (χ1) is 15.9. The molecule has 0 bridgehead atoms. The molecule has 0 aliphatic heterocycles. The van der Waals surface area contributed by atoms with Gasteiger partial charge in [-0.1, -0.05) is 55.9 Å².